The molecule has 0 aliphatic rings. The Balaban J connectivity index is 1.85. The Labute approximate surface area is 148 Å². The molecule has 0 saturated heterocycles. The van der Waals surface area contributed by atoms with E-state index in [1.165, 1.54) is 6.08 Å². The van der Waals surface area contributed by atoms with E-state index < -0.39 is 10.2 Å². The molecule has 3 aromatic rings. The minimum Gasteiger partial charge on any atom is -0.230 e. The molecule has 2 aromatic carbocycles. The van der Waals surface area contributed by atoms with Gasteiger partial charge in [0.05, 0.1) is 15.6 Å². The highest BCUT2D eigenvalue weighted by Crippen LogP contribution is 2.33. The van der Waals surface area contributed by atoms with Crippen molar-refractivity contribution in [2.75, 3.05) is 0 Å². The third kappa shape index (κ3) is 4.23. The van der Waals surface area contributed by atoms with Gasteiger partial charge in [0, 0.05) is 5.75 Å². The number of fused-ring (bicyclic) bond motifs is 1. The van der Waals surface area contributed by atoms with E-state index in [4.69, 9.17) is 0 Å². The van der Waals surface area contributed by atoms with E-state index in [1.54, 1.807) is 29.2 Å². The van der Waals surface area contributed by atoms with Crippen molar-refractivity contribution < 1.29 is 12.3 Å². The fourth-order valence-electron chi connectivity index (χ4n) is 2.28. The zero-order valence-corrected chi connectivity index (χ0v) is 15.2. The van der Waals surface area contributed by atoms with E-state index in [0.29, 0.717) is 16.7 Å². The van der Waals surface area contributed by atoms with Gasteiger partial charge in [-0.25, -0.2) is 4.98 Å². The Hall–Kier alpha value is -1.70. The van der Waals surface area contributed by atoms with Crippen LogP contribution < -0.4 is 0 Å². The first-order valence-corrected chi connectivity index (χ1v) is 10.4. The molecule has 0 atom stereocenters. The van der Waals surface area contributed by atoms with E-state index in [-0.39, 0.29) is 0 Å². The third-order valence-corrected chi connectivity index (χ3v) is 6.14. The number of aromatic nitrogens is 1. The molecule has 0 unspecified atom stereocenters. The molecule has 1 aromatic heterocycles. The number of thiazole rings is 1. The molecule has 0 radical (unpaired) electrons. The highest BCUT2D eigenvalue weighted by molar-refractivity contribution is 8.00. The Morgan fingerprint density at radius 3 is 2.75 bits per heavy atom. The Kier molecular flexibility index (Phi) is 5.03. The van der Waals surface area contributed by atoms with Gasteiger partial charge >= 0.3 is 10.2 Å². The quantitative estimate of drug-likeness (QED) is 0.453. The standard InChI is InChI=1S/C17H14FNO2S3/c1-12-5-4-6-13(9-10-24(18,20)21)14(12)11-22-17-19-15-7-2-3-8-16(15)23-17/h2-10H,11H2,1H3/b10-9+. The molecule has 0 saturated carbocycles. The molecule has 24 heavy (non-hydrogen) atoms. The molecule has 7 heteroatoms. The number of hydrogen-bond donors (Lipinski definition) is 0. The maximum atomic E-state index is 12.7. The van der Waals surface area contributed by atoms with Crippen molar-refractivity contribution in [3.63, 3.8) is 0 Å². The van der Waals surface area contributed by atoms with Gasteiger partial charge in [-0.2, -0.15) is 8.42 Å². The maximum Gasteiger partial charge on any atom is 0.325 e. The van der Waals surface area contributed by atoms with E-state index in [9.17, 15) is 12.3 Å². The lowest BCUT2D eigenvalue weighted by atomic mass is 10.0. The van der Waals surface area contributed by atoms with Crippen LogP contribution in [0, 0.1) is 6.92 Å². The summed E-state index contributed by atoms with van der Waals surface area (Å²) in [4.78, 5) is 4.58. The zero-order chi connectivity index (χ0) is 17.2. The molecule has 1 heterocycles. The second-order valence-electron chi connectivity index (χ2n) is 5.16. The Morgan fingerprint density at radius 2 is 2.00 bits per heavy atom. The number of thioether (sulfide) groups is 1. The molecule has 3 nitrogen and oxygen atoms in total. The van der Waals surface area contributed by atoms with E-state index in [2.05, 4.69) is 4.98 Å². The molecule has 0 amide bonds. The SMILES string of the molecule is Cc1cccc(/C=C/S(=O)(=O)F)c1CSc1nc2ccccc2s1. The summed E-state index contributed by atoms with van der Waals surface area (Å²) in [7, 11) is -4.63. The van der Waals surface area contributed by atoms with E-state index in [0.717, 1.165) is 25.7 Å². The highest BCUT2D eigenvalue weighted by Gasteiger charge is 2.09. The molecule has 0 aliphatic carbocycles. The van der Waals surface area contributed by atoms with Gasteiger partial charge in [0.15, 0.2) is 4.34 Å². The summed E-state index contributed by atoms with van der Waals surface area (Å²) in [6.07, 6.45) is 1.30. The fourth-order valence-corrected chi connectivity index (χ4v) is 4.79. The van der Waals surface area contributed by atoms with Crippen molar-refractivity contribution in [3.8, 4) is 0 Å². The van der Waals surface area contributed by atoms with Crippen LogP contribution in [0.5, 0.6) is 0 Å². The molecular weight excluding hydrogens is 365 g/mol. The summed E-state index contributed by atoms with van der Waals surface area (Å²) in [5.74, 6) is 0.637. The minimum atomic E-state index is -4.63. The smallest absolute Gasteiger partial charge is 0.230 e. The number of para-hydroxylation sites is 1. The van der Waals surface area contributed by atoms with Gasteiger partial charge in [-0.3, -0.25) is 0 Å². The van der Waals surface area contributed by atoms with Crippen molar-refractivity contribution >= 4 is 49.6 Å². The number of rotatable bonds is 5. The maximum absolute atomic E-state index is 12.7. The fraction of sp³-hybridized carbons (Fsp3) is 0.118. The monoisotopic (exact) mass is 379 g/mol. The molecule has 0 N–H and O–H groups in total. The summed E-state index contributed by atoms with van der Waals surface area (Å²) in [5.41, 5.74) is 3.67. The lowest BCUT2D eigenvalue weighted by Gasteiger charge is -2.08. The van der Waals surface area contributed by atoms with Crippen molar-refractivity contribution in [1.82, 2.24) is 4.98 Å². The first-order valence-electron chi connectivity index (χ1n) is 7.12. The average Bonchev–Trinajstić information content (AvgIpc) is 2.94. The predicted octanol–water partition coefficient (Wildman–Crippen LogP) is 5.17. The second kappa shape index (κ2) is 7.04. The molecule has 0 bridgehead atoms. The highest BCUT2D eigenvalue weighted by atomic mass is 32.3. The van der Waals surface area contributed by atoms with Gasteiger partial charge < -0.3 is 0 Å². The second-order valence-corrected chi connectivity index (χ2v) is 8.63. The summed E-state index contributed by atoms with van der Waals surface area (Å²) < 4.78 is 36.3. The van der Waals surface area contributed by atoms with Crippen molar-refractivity contribution in [3.05, 3.63) is 64.6 Å². The van der Waals surface area contributed by atoms with Crippen LogP contribution in [0.15, 0.2) is 52.2 Å². The van der Waals surface area contributed by atoms with Crippen LogP contribution in [0.1, 0.15) is 16.7 Å². The minimum absolute atomic E-state index is 0.591. The van der Waals surface area contributed by atoms with Gasteiger partial charge in [-0.05, 0) is 41.8 Å². The van der Waals surface area contributed by atoms with Crippen LogP contribution in [-0.2, 0) is 16.0 Å². The molecule has 0 spiro atoms. The number of aryl methyl sites for hydroxylation is 1. The van der Waals surface area contributed by atoms with Gasteiger partial charge in [0.25, 0.3) is 0 Å². The Bertz CT molecular complexity index is 977. The van der Waals surface area contributed by atoms with Gasteiger partial charge in [0.2, 0.25) is 0 Å². The third-order valence-electron chi connectivity index (χ3n) is 3.47. The van der Waals surface area contributed by atoms with Crippen LogP contribution in [0.4, 0.5) is 3.89 Å². The van der Waals surface area contributed by atoms with Crippen molar-refractivity contribution in [2.45, 2.75) is 17.0 Å². The Morgan fingerprint density at radius 1 is 1.21 bits per heavy atom. The molecule has 3 rings (SSSR count). The van der Waals surface area contributed by atoms with Crippen LogP contribution in [0.2, 0.25) is 0 Å². The topological polar surface area (TPSA) is 47.0 Å². The van der Waals surface area contributed by atoms with Crippen LogP contribution in [0.3, 0.4) is 0 Å². The van der Waals surface area contributed by atoms with Crippen LogP contribution in [-0.4, -0.2) is 13.4 Å². The van der Waals surface area contributed by atoms with Crippen molar-refractivity contribution in [2.24, 2.45) is 0 Å². The van der Waals surface area contributed by atoms with Gasteiger partial charge in [-0.15, -0.1) is 15.2 Å². The number of halogens is 1. The van der Waals surface area contributed by atoms with E-state index in [1.807, 2.05) is 43.3 Å². The molecule has 0 aliphatic heterocycles. The average molecular weight is 380 g/mol. The summed E-state index contributed by atoms with van der Waals surface area (Å²) in [5, 5.41) is 0.591. The first-order chi connectivity index (χ1) is 11.4. The number of hydrogen-bond acceptors (Lipinski definition) is 5. The molecule has 124 valence electrons. The summed E-state index contributed by atoms with van der Waals surface area (Å²) in [6.45, 7) is 1.95. The van der Waals surface area contributed by atoms with Crippen LogP contribution >= 0.6 is 23.1 Å². The van der Waals surface area contributed by atoms with Crippen LogP contribution in [0.25, 0.3) is 16.3 Å². The summed E-state index contributed by atoms with van der Waals surface area (Å²) in [6, 6.07) is 13.5. The normalized spacial score (nSPS) is 12.2. The van der Waals surface area contributed by atoms with Gasteiger partial charge in [0.1, 0.15) is 0 Å². The largest absolute Gasteiger partial charge is 0.325 e. The molecular formula is C17H14FNO2S3. The van der Waals surface area contributed by atoms with E-state index >= 15 is 0 Å². The number of nitrogens with zero attached hydrogens (tertiary/aromatic N) is 1. The first kappa shape index (κ1) is 17.1. The summed E-state index contributed by atoms with van der Waals surface area (Å²) >= 11 is 3.22. The lowest BCUT2D eigenvalue weighted by molar-refractivity contribution is 0.563. The van der Waals surface area contributed by atoms with Crippen molar-refractivity contribution in [1.29, 1.82) is 0 Å². The predicted molar refractivity (Wildman–Crippen MR) is 99.4 cm³/mol. The molecule has 0 fully saturated rings. The number of benzene rings is 2. The zero-order valence-electron chi connectivity index (χ0n) is 12.8. The lowest BCUT2D eigenvalue weighted by Crippen LogP contribution is -1.92. The van der Waals surface area contributed by atoms with Gasteiger partial charge in [-0.1, -0.05) is 42.1 Å².